The number of ether oxygens (including phenoxy) is 3. The van der Waals surface area contributed by atoms with Crippen molar-refractivity contribution in [1.29, 1.82) is 0 Å². The zero-order valence-corrected chi connectivity index (χ0v) is 15.9. The number of imidazole rings is 1. The van der Waals surface area contributed by atoms with E-state index in [0.29, 0.717) is 18.7 Å². The van der Waals surface area contributed by atoms with E-state index in [-0.39, 0.29) is 23.0 Å². The summed E-state index contributed by atoms with van der Waals surface area (Å²) in [4.78, 5) is 16.1. The van der Waals surface area contributed by atoms with Gasteiger partial charge in [-0.15, -0.1) is 0 Å². The Labute approximate surface area is 159 Å². The number of esters is 1. The molecule has 0 aliphatic carbocycles. The Balaban J connectivity index is 2.13. The molecule has 0 spiro atoms. The Hall–Kier alpha value is -2.31. The molecule has 0 unspecified atom stereocenters. The van der Waals surface area contributed by atoms with Gasteiger partial charge in [-0.1, -0.05) is 0 Å². The lowest BCUT2D eigenvalue weighted by Gasteiger charge is -2.27. The summed E-state index contributed by atoms with van der Waals surface area (Å²) < 4.78 is 69.5. The fourth-order valence-corrected chi connectivity index (χ4v) is 3.12. The average molecular weight is 420 g/mol. The number of benzene rings is 1. The molecule has 0 radical (unpaired) electrons. The third-order valence-corrected chi connectivity index (χ3v) is 4.69. The second kappa shape index (κ2) is 7.97. The van der Waals surface area contributed by atoms with Crippen LogP contribution in [0.25, 0.3) is 11.0 Å². The van der Waals surface area contributed by atoms with E-state index in [9.17, 15) is 22.0 Å². The van der Waals surface area contributed by atoms with Crippen molar-refractivity contribution >= 4 is 27.1 Å². The lowest BCUT2D eigenvalue weighted by Crippen LogP contribution is -2.31. The zero-order chi connectivity index (χ0) is 20.5. The van der Waals surface area contributed by atoms with Crippen LogP contribution in [-0.4, -0.2) is 56.6 Å². The fraction of sp³-hybridized carbons (Fsp3) is 0.500. The van der Waals surface area contributed by atoms with Crippen LogP contribution in [0.3, 0.4) is 0 Å². The van der Waals surface area contributed by atoms with Crippen molar-refractivity contribution < 1.29 is 40.4 Å². The summed E-state index contributed by atoms with van der Waals surface area (Å²) in [7, 11) is -2.65. The number of carbonyl (C=O) groups is 1. The number of aromatic nitrogens is 2. The van der Waals surface area contributed by atoms with Gasteiger partial charge >= 0.3 is 12.6 Å². The quantitative estimate of drug-likeness (QED) is 0.469. The van der Waals surface area contributed by atoms with Crippen molar-refractivity contribution in [2.45, 2.75) is 32.3 Å². The van der Waals surface area contributed by atoms with Crippen molar-refractivity contribution in [1.82, 2.24) is 9.55 Å². The molecule has 0 amide bonds. The highest BCUT2D eigenvalue weighted by atomic mass is 32.2. The molecule has 2 heterocycles. The maximum atomic E-state index is 12.9. The molecule has 1 saturated heterocycles. The van der Waals surface area contributed by atoms with Gasteiger partial charge in [-0.2, -0.15) is 17.2 Å². The third kappa shape index (κ3) is 4.39. The van der Waals surface area contributed by atoms with Crippen LogP contribution in [0.2, 0.25) is 0 Å². The monoisotopic (exact) mass is 420 g/mol. The van der Waals surface area contributed by atoms with Crippen molar-refractivity contribution in [2.75, 3.05) is 20.0 Å². The standard InChI is InChI=1S/C16H18F2N2O7S/c1-24-15(21)10-3-4-11-13(14(10)27-16(17)18)19-12(8-26-28(2,22)23)20(11)7-9-5-6-25-9/h3-4,9,16H,5-8H2,1-2H3/t9-/m0/s1. The number of rotatable bonds is 8. The molecule has 0 N–H and O–H groups in total. The molecule has 1 aromatic carbocycles. The van der Waals surface area contributed by atoms with Crippen molar-refractivity contribution in [3.63, 3.8) is 0 Å². The van der Waals surface area contributed by atoms with Crippen molar-refractivity contribution in [3.8, 4) is 5.75 Å². The molecule has 1 atom stereocenters. The summed E-state index contributed by atoms with van der Waals surface area (Å²) in [6.07, 6.45) is 1.54. The van der Waals surface area contributed by atoms with E-state index < -0.39 is 35.1 Å². The first kappa shape index (κ1) is 20.4. The van der Waals surface area contributed by atoms with Crippen LogP contribution in [0, 0.1) is 0 Å². The van der Waals surface area contributed by atoms with Crippen LogP contribution in [0.5, 0.6) is 5.75 Å². The normalized spacial score (nSPS) is 17.0. The van der Waals surface area contributed by atoms with E-state index in [1.54, 1.807) is 4.57 Å². The van der Waals surface area contributed by atoms with Gasteiger partial charge < -0.3 is 18.8 Å². The lowest BCUT2D eigenvalue weighted by atomic mass is 10.1. The predicted octanol–water partition coefficient (Wildman–Crippen LogP) is 1.69. The smallest absolute Gasteiger partial charge is 0.387 e. The SMILES string of the molecule is COC(=O)c1ccc2c(nc(COS(C)(=O)=O)n2C[C@@H]2CCO2)c1OC(F)F. The molecule has 9 nitrogen and oxygen atoms in total. The van der Waals surface area contributed by atoms with Gasteiger partial charge in [-0.05, 0) is 18.6 Å². The molecule has 0 bridgehead atoms. The molecular formula is C16H18F2N2O7S. The second-order valence-electron chi connectivity index (χ2n) is 6.07. The summed E-state index contributed by atoms with van der Waals surface area (Å²) >= 11 is 0. The predicted molar refractivity (Wildman–Crippen MR) is 91.7 cm³/mol. The molecule has 3 rings (SSSR count). The minimum atomic E-state index is -3.76. The van der Waals surface area contributed by atoms with Crippen LogP contribution in [-0.2, 0) is 36.9 Å². The van der Waals surface area contributed by atoms with Crippen LogP contribution in [0.4, 0.5) is 8.78 Å². The number of hydrogen-bond acceptors (Lipinski definition) is 8. The summed E-state index contributed by atoms with van der Waals surface area (Å²) in [6, 6.07) is 2.78. The van der Waals surface area contributed by atoms with E-state index in [1.165, 1.54) is 12.1 Å². The van der Waals surface area contributed by atoms with Gasteiger partial charge in [0.15, 0.2) is 5.75 Å². The first-order valence-corrected chi connectivity index (χ1v) is 10.0. The number of alkyl halides is 2. The maximum absolute atomic E-state index is 12.9. The van der Waals surface area contributed by atoms with Crippen LogP contribution >= 0.6 is 0 Å². The number of hydrogen-bond donors (Lipinski definition) is 0. The van der Waals surface area contributed by atoms with Crippen molar-refractivity contribution in [3.05, 3.63) is 23.5 Å². The van der Waals surface area contributed by atoms with Crippen LogP contribution in [0.1, 0.15) is 22.6 Å². The third-order valence-electron chi connectivity index (χ3n) is 4.15. The molecule has 2 aromatic rings. The van der Waals surface area contributed by atoms with Crippen LogP contribution in [0.15, 0.2) is 12.1 Å². The Morgan fingerprint density at radius 2 is 2.14 bits per heavy atom. The van der Waals surface area contributed by atoms with Gasteiger partial charge in [-0.25, -0.2) is 9.78 Å². The zero-order valence-electron chi connectivity index (χ0n) is 15.1. The molecular weight excluding hydrogens is 402 g/mol. The first-order chi connectivity index (χ1) is 13.2. The van der Waals surface area contributed by atoms with Gasteiger partial charge in [-0.3, -0.25) is 4.18 Å². The Kier molecular flexibility index (Phi) is 5.82. The summed E-state index contributed by atoms with van der Waals surface area (Å²) in [5.74, 6) is -1.16. The highest BCUT2D eigenvalue weighted by molar-refractivity contribution is 7.85. The Morgan fingerprint density at radius 3 is 2.68 bits per heavy atom. The van der Waals surface area contributed by atoms with Gasteiger partial charge in [0.2, 0.25) is 0 Å². The molecule has 28 heavy (non-hydrogen) atoms. The number of methoxy groups -OCH3 is 1. The second-order valence-corrected chi connectivity index (χ2v) is 7.71. The van der Waals surface area contributed by atoms with Gasteiger partial charge in [0.1, 0.15) is 23.5 Å². The van der Waals surface area contributed by atoms with Gasteiger partial charge in [0.05, 0.1) is 31.5 Å². The molecule has 12 heteroatoms. The first-order valence-electron chi connectivity index (χ1n) is 8.21. The van der Waals surface area contributed by atoms with E-state index in [2.05, 4.69) is 14.5 Å². The van der Waals surface area contributed by atoms with E-state index >= 15 is 0 Å². The molecule has 1 aliphatic heterocycles. The van der Waals surface area contributed by atoms with E-state index in [1.807, 2.05) is 0 Å². The molecule has 1 aliphatic rings. The molecule has 1 fully saturated rings. The van der Waals surface area contributed by atoms with Gasteiger partial charge in [0, 0.05) is 6.61 Å². The molecule has 0 saturated carbocycles. The number of halogens is 2. The summed E-state index contributed by atoms with van der Waals surface area (Å²) in [6.45, 7) is -2.71. The topological polar surface area (TPSA) is 106 Å². The highest BCUT2D eigenvalue weighted by Gasteiger charge is 2.27. The van der Waals surface area contributed by atoms with Crippen molar-refractivity contribution in [2.24, 2.45) is 0 Å². The largest absolute Gasteiger partial charge is 0.465 e. The molecule has 1 aromatic heterocycles. The molecule has 154 valence electrons. The number of nitrogens with zero attached hydrogens (tertiary/aromatic N) is 2. The summed E-state index contributed by atoms with van der Waals surface area (Å²) in [5, 5.41) is 0. The van der Waals surface area contributed by atoms with E-state index in [0.717, 1.165) is 19.8 Å². The number of fused-ring (bicyclic) bond motifs is 1. The highest BCUT2D eigenvalue weighted by Crippen LogP contribution is 2.33. The summed E-state index contributed by atoms with van der Waals surface area (Å²) in [5.41, 5.74) is 0.107. The minimum absolute atomic E-state index is 0.0328. The van der Waals surface area contributed by atoms with Crippen LogP contribution < -0.4 is 4.74 Å². The minimum Gasteiger partial charge on any atom is -0.465 e. The number of carbonyl (C=O) groups excluding carboxylic acids is 1. The maximum Gasteiger partial charge on any atom is 0.387 e. The Morgan fingerprint density at radius 1 is 1.43 bits per heavy atom. The van der Waals surface area contributed by atoms with E-state index in [4.69, 9.17) is 8.92 Å². The van der Waals surface area contributed by atoms with Gasteiger partial charge in [0.25, 0.3) is 10.1 Å². The average Bonchev–Trinajstić information content (AvgIpc) is 2.93. The Bertz CT molecular complexity index is 987. The fourth-order valence-electron chi connectivity index (χ4n) is 2.80. The lowest BCUT2D eigenvalue weighted by molar-refractivity contribution is -0.0592.